The van der Waals surface area contributed by atoms with Gasteiger partial charge in [0.25, 0.3) is 5.91 Å². The van der Waals surface area contributed by atoms with Crippen molar-refractivity contribution in [3.05, 3.63) is 147 Å². The second-order valence-electron chi connectivity index (χ2n) is 18.7. The first kappa shape index (κ1) is 51.4. The third-order valence-corrected chi connectivity index (χ3v) is 13.5. The summed E-state index contributed by atoms with van der Waals surface area (Å²) >= 11 is 7.91. The lowest BCUT2D eigenvalue weighted by Crippen LogP contribution is -2.58. The molecule has 2 aliphatic heterocycles. The van der Waals surface area contributed by atoms with Crippen molar-refractivity contribution in [2.45, 2.75) is 78.2 Å². The molecule has 4 heterocycles. The van der Waals surface area contributed by atoms with Crippen molar-refractivity contribution in [3.8, 4) is 21.7 Å². The summed E-state index contributed by atoms with van der Waals surface area (Å²) in [7, 11) is 0. The number of ether oxygens (including phenoxy) is 1. The van der Waals surface area contributed by atoms with E-state index in [9.17, 15) is 33.1 Å². The number of hydrogen-bond acceptors (Lipinski definition) is 12. The van der Waals surface area contributed by atoms with Crippen LogP contribution in [0.3, 0.4) is 0 Å². The van der Waals surface area contributed by atoms with Crippen molar-refractivity contribution < 1.29 is 37.8 Å². The molecule has 5 N–H and O–H groups in total. The first-order valence-electron chi connectivity index (χ1n) is 23.5. The molecule has 0 spiro atoms. The number of benzene rings is 4. The summed E-state index contributed by atoms with van der Waals surface area (Å²) in [5.41, 5.74) is 7.02. The second-order valence-corrected chi connectivity index (χ2v) is 20.0. The number of likely N-dealkylation sites (tertiary alicyclic amines) is 1. The molecule has 6 aromatic rings. The van der Waals surface area contributed by atoms with Crippen molar-refractivity contribution in [2.75, 3.05) is 31.6 Å². The van der Waals surface area contributed by atoms with Crippen LogP contribution in [0, 0.1) is 24.0 Å². The van der Waals surface area contributed by atoms with Gasteiger partial charge in [-0.2, -0.15) is 0 Å². The fourth-order valence-corrected chi connectivity index (χ4v) is 9.52. The summed E-state index contributed by atoms with van der Waals surface area (Å²) < 4.78 is 35.6. The molecule has 3 atom stereocenters. The third-order valence-electron chi connectivity index (χ3n) is 12.3. The van der Waals surface area contributed by atoms with E-state index in [1.54, 1.807) is 65.5 Å². The second kappa shape index (κ2) is 22.6. The van der Waals surface area contributed by atoms with Gasteiger partial charge in [0.15, 0.2) is 0 Å². The minimum Gasteiger partial charge on any atom is -0.391 e. The highest BCUT2D eigenvalue weighted by molar-refractivity contribution is 7.13. The van der Waals surface area contributed by atoms with Crippen LogP contribution in [0.1, 0.15) is 78.3 Å². The van der Waals surface area contributed by atoms with Crippen LogP contribution in [-0.4, -0.2) is 98.8 Å². The van der Waals surface area contributed by atoms with E-state index in [0.29, 0.717) is 58.0 Å². The highest BCUT2D eigenvalue weighted by Crippen LogP contribution is 2.35. The molecular weight excluding hydrogens is 964 g/mol. The quantitative estimate of drug-likeness (QED) is 0.0559. The lowest BCUT2D eigenvalue weighted by Gasteiger charge is -2.35. The van der Waals surface area contributed by atoms with Crippen LogP contribution in [0.4, 0.5) is 20.4 Å². The number of carbonyl (C=O) groups excluding carboxylic acids is 4. The van der Waals surface area contributed by atoms with Crippen molar-refractivity contribution in [1.29, 1.82) is 0 Å². The van der Waals surface area contributed by atoms with Crippen LogP contribution < -0.4 is 21.3 Å². The lowest BCUT2D eigenvalue weighted by molar-refractivity contribution is -0.144. The smallest absolute Gasteiger partial charge is 0.251 e. The molecule has 0 unspecified atom stereocenters. The number of amides is 4. The molecule has 15 nitrogen and oxygen atoms in total. The summed E-state index contributed by atoms with van der Waals surface area (Å²) in [6, 6.07) is 21.3. The Kier molecular flexibility index (Phi) is 16.1. The van der Waals surface area contributed by atoms with Gasteiger partial charge in [-0.1, -0.05) is 68.8 Å². The van der Waals surface area contributed by atoms with Gasteiger partial charge in [-0.3, -0.25) is 24.2 Å². The summed E-state index contributed by atoms with van der Waals surface area (Å²) in [5.74, 6) is -2.88. The Morgan fingerprint density at radius 3 is 2.40 bits per heavy atom. The third kappa shape index (κ3) is 12.2. The van der Waals surface area contributed by atoms with Gasteiger partial charge in [0.05, 0.1) is 45.7 Å². The fourth-order valence-electron chi connectivity index (χ4n) is 8.54. The van der Waals surface area contributed by atoms with Crippen LogP contribution in [0.2, 0.25) is 5.02 Å². The number of aliphatic hydroxyl groups is 1. The van der Waals surface area contributed by atoms with Gasteiger partial charge < -0.3 is 36.0 Å². The van der Waals surface area contributed by atoms with E-state index in [1.165, 1.54) is 23.1 Å². The molecule has 0 radical (unpaired) electrons. The van der Waals surface area contributed by atoms with Gasteiger partial charge in [-0.25, -0.2) is 23.7 Å². The van der Waals surface area contributed by atoms with E-state index in [2.05, 4.69) is 36.2 Å². The highest BCUT2D eigenvalue weighted by Gasteiger charge is 2.44. The average Bonchev–Trinajstić information content (AvgIpc) is 3.94. The van der Waals surface area contributed by atoms with Crippen LogP contribution in [-0.2, 0) is 32.2 Å². The summed E-state index contributed by atoms with van der Waals surface area (Å²) in [5, 5.41) is 22.7. The van der Waals surface area contributed by atoms with Crippen LogP contribution >= 0.6 is 22.9 Å². The van der Waals surface area contributed by atoms with E-state index >= 15 is 0 Å². The Bertz CT molecular complexity index is 2980. The lowest BCUT2D eigenvalue weighted by atomic mass is 9.85. The number of nitrogens with zero attached hydrogens (tertiary/aromatic N) is 5. The van der Waals surface area contributed by atoms with E-state index in [-0.39, 0.29) is 62.4 Å². The molecule has 0 aliphatic carbocycles. The predicted molar refractivity (Wildman–Crippen MR) is 272 cm³/mol. The predicted octanol–water partition coefficient (Wildman–Crippen LogP) is 7.94. The number of carbonyl (C=O) groups is 4. The number of aliphatic imine (C=N–C) groups is 1. The minimum atomic E-state index is -0.995. The highest BCUT2D eigenvalue weighted by atomic mass is 35.5. The number of nitrogens with one attached hydrogen (secondary N) is 4. The summed E-state index contributed by atoms with van der Waals surface area (Å²) in [6.45, 7) is 7.96. The molecule has 374 valence electrons. The molecule has 4 aromatic carbocycles. The number of hydrogen-bond donors (Lipinski definition) is 5. The summed E-state index contributed by atoms with van der Waals surface area (Å²) in [4.78, 5) is 74.0. The monoisotopic (exact) mass is 1020 g/mol. The number of aliphatic hydroxyl groups excluding tert-OH is 1. The number of unbranched alkanes of at least 4 members (excludes halogenated alkanes) is 1. The first-order chi connectivity index (χ1) is 34.5. The molecule has 1 saturated heterocycles. The minimum absolute atomic E-state index is 0.0398. The van der Waals surface area contributed by atoms with Crippen LogP contribution in [0.15, 0.2) is 102 Å². The topological polar surface area (TPSA) is 200 Å². The van der Waals surface area contributed by atoms with E-state index in [0.717, 1.165) is 21.7 Å². The van der Waals surface area contributed by atoms with Gasteiger partial charge in [-0.05, 0) is 84.8 Å². The normalized spacial score (nSPS) is 15.7. The van der Waals surface area contributed by atoms with Crippen LogP contribution in [0.25, 0.3) is 21.7 Å². The number of anilines is 2. The van der Waals surface area contributed by atoms with Gasteiger partial charge in [0.2, 0.25) is 23.7 Å². The zero-order chi connectivity index (χ0) is 51.1. The molecule has 8 rings (SSSR count). The van der Waals surface area contributed by atoms with Crippen molar-refractivity contribution in [2.24, 2.45) is 10.4 Å². The number of halogens is 3. The molecule has 0 saturated carbocycles. The fraction of sp³-hybridized carbons (Fsp3) is 0.321. The van der Waals surface area contributed by atoms with E-state index in [4.69, 9.17) is 21.3 Å². The van der Waals surface area contributed by atoms with Crippen LogP contribution in [0.5, 0.6) is 0 Å². The zero-order valence-corrected chi connectivity index (χ0v) is 41.7. The molecular formula is C53H54ClF2N9O6S. The maximum atomic E-state index is 15.0. The average molecular weight is 1020 g/mol. The Labute approximate surface area is 424 Å². The van der Waals surface area contributed by atoms with Crippen molar-refractivity contribution >= 4 is 63.9 Å². The Balaban J connectivity index is 0.768. The number of rotatable bonds is 17. The number of fused-ring (bicyclic) bond motifs is 3. The molecule has 1 fully saturated rings. The number of β-amino-alcohol motifs (C(OH)–C–C–N with tert-alkyl or cyclic N) is 1. The van der Waals surface area contributed by atoms with Gasteiger partial charge in [0, 0.05) is 71.8 Å². The van der Waals surface area contributed by atoms with Gasteiger partial charge >= 0.3 is 0 Å². The van der Waals surface area contributed by atoms with Gasteiger partial charge in [-0.15, -0.1) is 11.3 Å². The standard InChI is InChI=1S/C53H54ClF2N9O6S/c1-30-47(72-29-61-30)32-12-10-31(11-13-32)24-59-50(69)42-23-37(66)27-65(42)51(70)48(53(2,3)4)63-43(67)28-71-21-6-5-20-57-49(68)33-14-17-36(18-15-33)62-52-60-26-34-25-58-46(44-40(55)8-7-9-41(44)56)39-22-35(54)16-19-38(39)45(34)64-52/h7-19,22,26,29,37,42,48,66H,5-6,20-21,23-25,27-28H2,1-4H3,(H,57,68)(H,59,69)(H,63,67)(H,60,62,64)/t37-,42+,48-/m1/s1. The maximum Gasteiger partial charge on any atom is 0.251 e. The number of aryl methyl sites for hydroxylation is 1. The Hall–Kier alpha value is -6.99. The Morgan fingerprint density at radius 1 is 0.944 bits per heavy atom. The largest absolute Gasteiger partial charge is 0.391 e. The molecule has 19 heteroatoms. The molecule has 2 aromatic heterocycles. The van der Waals surface area contributed by atoms with E-state index < -0.39 is 53.0 Å². The number of aromatic nitrogens is 3. The zero-order valence-electron chi connectivity index (χ0n) is 40.1. The van der Waals surface area contributed by atoms with Crippen molar-refractivity contribution in [1.82, 2.24) is 35.8 Å². The maximum absolute atomic E-state index is 15.0. The summed E-state index contributed by atoms with van der Waals surface area (Å²) in [6.07, 6.45) is 1.90. The molecule has 72 heavy (non-hydrogen) atoms. The van der Waals surface area contributed by atoms with E-state index in [1.807, 2.05) is 52.0 Å². The molecule has 0 bridgehead atoms. The number of thiazole rings is 1. The van der Waals surface area contributed by atoms with Gasteiger partial charge in [0.1, 0.15) is 30.3 Å². The molecule has 2 aliphatic rings. The Morgan fingerprint density at radius 2 is 1.69 bits per heavy atom. The SMILES string of the molecule is Cc1ncsc1-c1ccc(CNC(=O)[C@@H]2C[C@@H](O)CN2C(=O)[C@@H](NC(=O)COCCCCNC(=O)c2ccc(Nc3ncc4c(n3)-c3ccc(Cl)cc3C(c3c(F)cccc3F)=NC4)cc2)C(C)(C)C)cc1. The van der Waals surface area contributed by atoms with Crippen molar-refractivity contribution in [3.63, 3.8) is 0 Å². The molecule has 4 amide bonds. The first-order valence-corrected chi connectivity index (χ1v) is 24.7.